The van der Waals surface area contributed by atoms with E-state index in [4.69, 9.17) is 10.5 Å². The van der Waals surface area contributed by atoms with E-state index in [9.17, 15) is 9.18 Å². The first-order valence-electron chi connectivity index (χ1n) is 9.69. The van der Waals surface area contributed by atoms with Crippen molar-refractivity contribution in [3.63, 3.8) is 0 Å². The van der Waals surface area contributed by atoms with Crippen molar-refractivity contribution in [2.45, 2.75) is 45.2 Å². The molecule has 1 amide bonds. The van der Waals surface area contributed by atoms with Crippen LogP contribution in [0.1, 0.15) is 36.8 Å². The normalized spacial score (nSPS) is 19.2. The molecule has 5 nitrogen and oxygen atoms in total. The number of rotatable bonds is 6. The van der Waals surface area contributed by atoms with Gasteiger partial charge < -0.3 is 21.1 Å². The lowest BCUT2D eigenvalue weighted by molar-refractivity contribution is -0.120. The second-order valence-corrected chi connectivity index (χ2v) is 7.41. The highest BCUT2D eigenvalue weighted by atomic mass is 19.1. The van der Waals surface area contributed by atoms with Gasteiger partial charge in [0.2, 0.25) is 5.91 Å². The highest BCUT2D eigenvalue weighted by molar-refractivity contribution is 5.92. The van der Waals surface area contributed by atoms with Crippen molar-refractivity contribution >= 4 is 17.3 Å². The molecule has 3 rings (SSSR count). The van der Waals surface area contributed by atoms with E-state index in [1.807, 2.05) is 25.1 Å². The Hall–Kier alpha value is -2.60. The number of carbonyl (C=O) groups is 1. The minimum absolute atomic E-state index is 0.0103. The molecule has 0 spiro atoms. The number of hydrogen-bond donors (Lipinski definition) is 3. The van der Waals surface area contributed by atoms with Gasteiger partial charge >= 0.3 is 0 Å². The number of benzene rings is 2. The Morgan fingerprint density at radius 3 is 2.64 bits per heavy atom. The summed E-state index contributed by atoms with van der Waals surface area (Å²) in [6.07, 6.45) is 3.37. The number of halogens is 1. The molecule has 1 saturated carbocycles. The number of methoxy groups -OCH3 is 1. The molecule has 1 aliphatic carbocycles. The second kappa shape index (κ2) is 9.06. The fourth-order valence-electron chi connectivity index (χ4n) is 3.71. The van der Waals surface area contributed by atoms with Crippen LogP contribution < -0.4 is 21.1 Å². The molecule has 2 aromatic carbocycles. The molecule has 1 fully saturated rings. The van der Waals surface area contributed by atoms with E-state index in [-0.39, 0.29) is 23.7 Å². The van der Waals surface area contributed by atoms with Crippen molar-refractivity contribution in [3.8, 4) is 5.75 Å². The van der Waals surface area contributed by atoms with Crippen LogP contribution in [0.2, 0.25) is 0 Å². The maximum absolute atomic E-state index is 13.9. The predicted octanol–water partition coefficient (Wildman–Crippen LogP) is 4.01. The Morgan fingerprint density at radius 1 is 1.21 bits per heavy atom. The van der Waals surface area contributed by atoms with E-state index >= 15 is 0 Å². The fraction of sp³-hybridized carbons (Fsp3) is 0.409. The molecule has 0 saturated heterocycles. The van der Waals surface area contributed by atoms with Crippen LogP contribution in [-0.4, -0.2) is 19.1 Å². The van der Waals surface area contributed by atoms with Crippen LogP contribution in [0.5, 0.6) is 5.75 Å². The SMILES string of the molecule is COc1cc(NC(=O)C2CCC(NCc3c(N)cccc3F)CC2)ccc1C. The number of aryl methyl sites for hydroxylation is 1. The Morgan fingerprint density at radius 2 is 1.96 bits per heavy atom. The fourth-order valence-corrected chi connectivity index (χ4v) is 3.71. The van der Waals surface area contributed by atoms with E-state index in [2.05, 4.69) is 10.6 Å². The summed E-state index contributed by atoms with van der Waals surface area (Å²) in [4.78, 5) is 12.6. The highest BCUT2D eigenvalue weighted by Gasteiger charge is 2.26. The Balaban J connectivity index is 1.49. The van der Waals surface area contributed by atoms with Crippen LogP contribution in [0, 0.1) is 18.7 Å². The van der Waals surface area contributed by atoms with Crippen molar-refractivity contribution in [2.24, 2.45) is 5.92 Å². The first kappa shape index (κ1) is 20.1. The summed E-state index contributed by atoms with van der Waals surface area (Å²) in [6.45, 7) is 2.37. The van der Waals surface area contributed by atoms with E-state index in [0.717, 1.165) is 42.7 Å². The summed E-state index contributed by atoms with van der Waals surface area (Å²) in [5.74, 6) is 0.513. The number of ether oxygens (including phenoxy) is 1. The molecule has 4 N–H and O–H groups in total. The van der Waals surface area contributed by atoms with Gasteiger partial charge in [0.15, 0.2) is 0 Å². The van der Waals surface area contributed by atoms with Crippen molar-refractivity contribution in [1.29, 1.82) is 0 Å². The largest absolute Gasteiger partial charge is 0.496 e. The van der Waals surface area contributed by atoms with Gasteiger partial charge in [0.05, 0.1) is 7.11 Å². The molecule has 6 heteroatoms. The van der Waals surface area contributed by atoms with Gasteiger partial charge in [0, 0.05) is 41.5 Å². The van der Waals surface area contributed by atoms with Gasteiger partial charge in [-0.2, -0.15) is 0 Å². The lowest BCUT2D eigenvalue weighted by Crippen LogP contribution is -2.36. The molecule has 28 heavy (non-hydrogen) atoms. The van der Waals surface area contributed by atoms with Crippen molar-refractivity contribution in [3.05, 3.63) is 53.3 Å². The van der Waals surface area contributed by atoms with Crippen LogP contribution in [0.4, 0.5) is 15.8 Å². The van der Waals surface area contributed by atoms with Gasteiger partial charge in [-0.05, 0) is 56.4 Å². The average Bonchev–Trinajstić information content (AvgIpc) is 2.69. The van der Waals surface area contributed by atoms with E-state index in [1.165, 1.54) is 6.07 Å². The van der Waals surface area contributed by atoms with E-state index in [0.29, 0.717) is 17.8 Å². The lowest BCUT2D eigenvalue weighted by atomic mass is 9.85. The van der Waals surface area contributed by atoms with Crippen molar-refractivity contribution < 1.29 is 13.9 Å². The van der Waals surface area contributed by atoms with Crippen LogP contribution in [0.15, 0.2) is 36.4 Å². The minimum atomic E-state index is -0.283. The van der Waals surface area contributed by atoms with Gasteiger partial charge in [0.25, 0.3) is 0 Å². The molecular weight excluding hydrogens is 357 g/mol. The van der Waals surface area contributed by atoms with Crippen LogP contribution in [0.25, 0.3) is 0 Å². The molecule has 0 heterocycles. The van der Waals surface area contributed by atoms with Crippen LogP contribution in [-0.2, 0) is 11.3 Å². The number of anilines is 2. The number of nitrogens with two attached hydrogens (primary N) is 1. The third kappa shape index (κ3) is 4.81. The zero-order valence-electron chi connectivity index (χ0n) is 16.4. The van der Waals surface area contributed by atoms with Crippen LogP contribution >= 0.6 is 0 Å². The van der Waals surface area contributed by atoms with Gasteiger partial charge in [-0.15, -0.1) is 0 Å². The summed E-state index contributed by atoms with van der Waals surface area (Å²) < 4.78 is 19.2. The topological polar surface area (TPSA) is 76.4 Å². The Bertz CT molecular complexity index is 812. The summed E-state index contributed by atoms with van der Waals surface area (Å²) in [6, 6.07) is 10.7. The second-order valence-electron chi connectivity index (χ2n) is 7.41. The highest BCUT2D eigenvalue weighted by Crippen LogP contribution is 2.28. The molecule has 0 radical (unpaired) electrons. The maximum atomic E-state index is 13.9. The molecule has 1 aliphatic rings. The maximum Gasteiger partial charge on any atom is 0.227 e. The summed E-state index contributed by atoms with van der Waals surface area (Å²) in [5.41, 5.74) is 8.62. The van der Waals surface area contributed by atoms with Crippen molar-refractivity contribution in [1.82, 2.24) is 5.32 Å². The number of nitrogen functional groups attached to an aromatic ring is 1. The molecule has 0 atom stereocenters. The molecule has 0 unspecified atom stereocenters. The minimum Gasteiger partial charge on any atom is -0.496 e. The molecular formula is C22H28FN3O2. The molecule has 0 aliphatic heterocycles. The Labute approximate surface area is 165 Å². The summed E-state index contributed by atoms with van der Waals surface area (Å²) >= 11 is 0. The van der Waals surface area contributed by atoms with Gasteiger partial charge in [-0.3, -0.25) is 4.79 Å². The molecule has 0 bridgehead atoms. The molecule has 2 aromatic rings. The van der Waals surface area contributed by atoms with E-state index in [1.54, 1.807) is 19.2 Å². The predicted molar refractivity (Wildman–Crippen MR) is 110 cm³/mol. The monoisotopic (exact) mass is 385 g/mol. The zero-order chi connectivity index (χ0) is 20.1. The number of hydrogen-bond acceptors (Lipinski definition) is 4. The zero-order valence-corrected chi connectivity index (χ0v) is 16.4. The third-order valence-electron chi connectivity index (χ3n) is 5.50. The molecule has 150 valence electrons. The smallest absolute Gasteiger partial charge is 0.227 e. The number of carbonyl (C=O) groups excluding carboxylic acids is 1. The standard InChI is InChI=1S/C22H28FN3O2/c1-14-6-9-17(12-21(14)28-2)26-22(27)15-7-10-16(11-8-15)25-13-18-19(23)4-3-5-20(18)24/h3-6,9,12,15-16,25H,7-8,10-11,13,24H2,1-2H3,(H,26,27). The van der Waals surface area contributed by atoms with Gasteiger partial charge in [-0.1, -0.05) is 12.1 Å². The third-order valence-corrected chi connectivity index (χ3v) is 5.50. The van der Waals surface area contributed by atoms with Gasteiger partial charge in [-0.25, -0.2) is 4.39 Å². The van der Waals surface area contributed by atoms with Crippen molar-refractivity contribution in [2.75, 3.05) is 18.2 Å². The average molecular weight is 385 g/mol. The summed E-state index contributed by atoms with van der Waals surface area (Å²) in [5, 5.41) is 6.38. The van der Waals surface area contributed by atoms with E-state index < -0.39 is 0 Å². The molecule has 0 aromatic heterocycles. The summed E-state index contributed by atoms with van der Waals surface area (Å²) in [7, 11) is 1.62. The quantitative estimate of drug-likeness (QED) is 0.657. The lowest BCUT2D eigenvalue weighted by Gasteiger charge is -2.28. The van der Waals surface area contributed by atoms with Gasteiger partial charge in [0.1, 0.15) is 11.6 Å². The number of amides is 1. The first-order chi connectivity index (χ1) is 13.5. The van der Waals surface area contributed by atoms with Crippen LogP contribution in [0.3, 0.4) is 0 Å². The number of nitrogens with one attached hydrogen (secondary N) is 2. The Kier molecular flexibility index (Phi) is 6.52. The first-order valence-corrected chi connectivity index (χ1v) is 9.69.